The third-order valence-corrected chi connectivity index (χ3v) is 2.19. The minimum atomic E-state index is -1.31. The Morgan fingerprint density at radius 3 is 3.00 bits per heavy atom. The summed E-state index contributed by atoms with van der Waals surface area (Å²) in [7, 11) is 1.58. The standard InChI is InChI=1S/C11H15FN2O3/c1-7(6-17-2)5-14-10-9(12)8(11(15)16)3-4-13-10/h3-4,7H,5-6H2,1-2H3,(H,13,14)(H,15,16). The van der Waals surface area contributed by atoms with E-state index in [9.17, 15) is 9.18 Å². The first-order chi connectivity index (χ1) is 8.06. The molecule has 94 valence electrons. The van der Waals surface area contributed by atoms with Crippen molar-refractivity contribution in [2.75, 3.05) is 25.6 Å². The van der Waals surface area contributed by atoms with Crippen molar-refractivity contribution in [1.82, 2.24) is 4.98 Å². The van der Waals surface area contributed by atoms with Crippen LogP contribution in [0, 0.1) is 11.7 Å². The summed E-state index contributed by atoms with van der Waals surface area (Å²) in [5, 5.41) is 11.5. The second-order valence-corrected chi connectivity index (χ2v) is 3.77. The Kier molecular flexibility index (Phi) is 4.84. The number of carbonyl (C=O) groups is 1. The molecule has 0 aliphatic rings. The van der Waals surface area contributed by atoms with Crippen LogP contribution in [0.5, 0.6) is 0 Å². The molecule has 2 N–H and O–H groups in total. The van der Waals surface area contributed by atoms with Gasteiger partial charge in [0.05, 0.1) is 6.61 Å². The van der Waals surface area contributed by atoms with Crippen molar-refractivity contribution in [1.29, 1.82) is 0 Å². The molecule has 1 aromatic rings. The number of rotatable bonds is 6. The van der Waals surface area contributed by atoms with Crippen LogP contribution in [0.4, 0.5) is 10.2 Å². The fourth-order valence-electron chi connectivity index (χ4n) is 1.35. The van der Waals surface area contributed by atoms with Gasteiger partial charge in [-0.2, -0.15) is 0 Å². The van der Waals surface area contributed by atoms with Gasteiger partial charge in [-0.3, -0.25) is 0 Å². The Labute approximate surface area is 98.6 Å². The highest BCUT2D eigenvalue weighted by Gasteiger charge is 2.15. The van der Waals surface area contributed by atoms with Crippen LogP contribution in [0.3, 0.4) is 0 Å². The van der Waals surface area contributed by atoms with E-state index in [-0.39, 0.29) is 17.3 Å². The molecule has 1 unspecified atom stereocenters. The van der Waals surface area contributed by atoms with E-state index in [1.54, 1.807) is 7.11 Å². The van der Waals surface area contributed by atoms with Crippen LogP contribution >= 0.6 is 0 Å². The lowest BCUT2D eigenvalue weighted by Crippen LogP contribution is -2.18. The minimum Gasteiger partial charge on any atom is -0.478 e. The highest BCUT2D eigenvalue weighted by Crippen LogP contribution is 2.15. The third kappa shape index (κ3) is 3.67. The van der Waals surface area contributed by atoms with E-state index < -0.39 is 11.8 Å². The normalized spacial score (nSPS) is 12.2. The molecule has 0 spiro atoms. The van der Waals surface area contributed by atoms with E-state index in [2.05, 4.69) is 10.3 Å². The van der Waals surface area contributed by atoms with Gasteiger partial charge in [0.2, 0.25) is 0 Å². The molecule has 6 heteroatoms. The van der Waals surface area contributed by atoms with Crippen molar-refractivity contribution in [2.45, 2.75) is 6.92 Å². The molecule has 1 atom stereocenters. The molecular formula is C11H15FN2O3. The van der Waals surface area contributed by atoms with E-state index in [4.69, 9.17) is 9.84 Å². The first-order valence-corrected chi connectivity index (χ1v) is 5.16. The summed E-state index contributed by atoms with van der Waals surface area (Å²) in [6, 6.07) is 1.13. The summed E-state index contributed by atoms with van der Waals surface area (Å²) in [5.74, 6) is -2.02. The number of halogens is 1. The number of ether oxygens (including phenoxy) is 1. The fraction of sp³-hybridized carbons (Fsp3) is 0.455. The number of nitrogens with zero attached hydrogens (tertiary/aromatic N) is 1. The molecule has 17 heavy (non-hydrogen) atoms. The number of anilines is 1. The summed E-state index contributed by atoms with van der Waals surface area (Å²) < 4.78 is 18.6. The molecule has 0 radical (unpaired) electrons. The predicted octanol–water partition coefficient (Wildman–Crippen LogP) is 1.61. The topological polar surface area (TPSA) is 71.5 Å². The highest BCUT2D eigenvalue weighted by molar-refractivity contribution is 5.88. The van der Waals surface area contributed by atoms with Crippen molar-refractivity contribution < 1.29 is 19.0 Å². The van der Waals surface area contributed by atoms with Crippen molar-refractivity contribution in [3.63, 3.8) is 0 Å². The van der Waals surface area contributed by atoms with Gasteiger partial charge in [-0.25, -0.2) is 14.2 Å². The molecule has 0 saturated heterocycles. The Balaban J connectivity index is 2.72. The summed E-state index contributed by atoms with van der Waals surface area (Å²) in [4.78, 5) is 14.5. The average Bonchev–Trinajstić information content (AvgIpc) is 2.27. The van der Waals surface area contributed by atoms with Gasteiger partial charge in [-0.15, -0.1) is 0 Å². The number of hydrogen-bond acceptors (Lipinski definition) is 4. The molecule has 0 aromatic carbocycles. The van der Waals surface area contributed by atoms with Crippen LogP contribution in [0.1, 0.15) is 17.3 Å². The SMILES string of the molecule is COCC(C)CNc1nccc(C(=O)O)c1F. The molecule has 0 amide bonds. The third-order valence-electron chi connectivity index (χ3n) is 2.19. The molecular weight excluding hydrogens is 227 g/mol. The zero-order chi connectivity index (χ0) is 12.8. The Morgan fingerprint density at radius 1 is 1.71 bits per heavy atom. The molecule has 0 bridgehead atoms. The molecule has 5 nitrogen and oxygen atoms in total. The quantitative estimate of drug-likeness (QED) is 0.793. The second kappa shape index (κ2) is 6.15. The molecule has 0 aliphatic heterocycles. The maximum absolute atomic E-state index is 13.6. The van der Waals surface area contributed by atoms with Gasteiger partial charge in [0, 0.05) is 19.9 Å². The first kappa shape index (κ1) is 13.4. The Morgan fingerprint density at radius 2 is 2.41 bits per heavy atom. The van der Waals surface area contributed by atoms with Gasteiger partial charge in [0.15, 0.2) is 11.6 Å². The minimum absolute atomic E-state index is 0.0483. The molecule has 0 fully saturated rings. The van der Waals surface area contributed by atoms with Crippen LogP contribution in [-0.4, -0.2) is 36.3 Å². The first-order valence-electron chi connectivity index (χ1n) is 5.16. The molecule has 1 aromatic heterocycles. The Bertz CT molecular complexity index is 398. The number of pyridine rings is 1. The van der Waals surface area contributed by atoms with Crippen molar-refractivity contribution in [3.8, 4) is 0 Å². The predicted molar refractivity (Wildman–Crippen MR) is 60.7 cm³/mol. The summed E-state index contributed by atoms with van der Waals surface area (Å²) in [5.41, 5.74) is -0.387. The van der Waals surface area contributed by atoms with Crippen LogP contribution in [-0.2, 0) is 4.74 Å². The summed E-state index contributed by atoms with van der Waals surface area (Å²) >= 11 is 0. The van der Waals surface area contributed by atoms with Crippen LogP contribution in [0.25, 0.3) is 0 Å². The number of carboxylic acids is 1. The molecule has 1 rings (SSSR count). The highest BCUT2D eigenvalue weighted by atomic mass is 19.1. The number of nitrogens with one attached hydrogen (secondary N) is 1. The van der Waals surface area contributed by atoms with Crippen molar-refractivity contribution in [3.05, 3.63) is 23.6 Å². The van der Waals surface area contributed by atoms with Gasteiger partial charge in [-0.1, -0.05) is 6.92 Å². The lowest BCUT2D eigenvalue weighted by molar-refractivity contribution is 0.0692. The second-order valence-electron chi connectivity index (χ2n) is 3.77. The number of hydrogen-bond donors (Lipinski definition) is 2. The van der Waals surface area contributed by atoms with E-state index in [0.717, 1.165) is 6.07 Å². The summed E-state index contributed by atoms with van der Waals surface area (Å²) in [6.45, 7) is 2.92. The zero-order valence-corrected chi connectivity index (χ0v) is 9.74. The number of methoxy groups -OCH3 is 1. The smallest absolute Gasteiger partial charge is 0.338 e. The van der Waals surface area contributed by atoms with Crippen LogP contribution in [0.2, 0.25) is 0 Å². The lowest BCUT2D eigenvalue weighted by atomic mass is 10.2. The number of carboxylic acid groups (broad SMARTS) is 1. The fourth-order valence-corrected chi connectivity index (χ4v) is 1.35. The lowest BCUT2D eigenvalue weighted by Gasteiger charge is -2.12. The van der Waals surface area contributed by atoms with Gasteiger partial charge < -0.3 is 15.2 Å². The largest absolute Gasteiger partial charge is 0.478 e. The Hall–Kier alpha value is -1.69. The maximum atomic E-state index is 13.6. The zero-order valence-electron chi connectivity index (χ0n) is 9.74. The van der Waals surface area contributed by atoms with E-state index in [1.807, 2.05) is 6.92 Å². The van der Waals surface area contributed by atoms with Gasteiger partial charge in [0.1, 0.15) is 5.56 Å². The van der Waals surface area contributed by atoms with E-state index in [0.29, 0.717) is 13.2 Å². The molecule has 1 heterocycles. The van der Waals surface area contributed by atoms with Crippen LogP contribution < -0.4 is 5.32 Å². The van der Waals surface area contributed by atoms with Gasteiger partial charge >= 0.3 is 5.97 Å². The van der Waals surface area contributed by atoms with E-state index in [1.165, 1.54) is 6.20 Å². The molecule has 0 saturated carbocycles. The number of aromatic nitrogens is 1. The average molecular weight is 242 g/mol. The van der Waals surface area contributed by atoms with Crippen molar-refractivity contribution in [2.24, 2.45) is 5.92 Å². The molecule has 0 aliphatic carbocycles. The van der Waals surface area contributed by atoms with Gasteiger partial charge in [-0.05, 0) is 12.0 Å². The van der Waals surface area contributed by atoms with E-state index >= 15 is 0 Å². The summed E-state index contributed by atoms with van der Waals surface area (Å²) in [6.07, 6.45) is 1.26. The maximum Gasteiger partial charge on any atom is 0.338 e. The number of aromatic carboxylic acids is 1. The van der Waals surface area contributed by atoms with Crippen LogP contribution in [0.15, 0.2) is 12.3 Å². The monoisotopic (exact) mass is 242 g/mol. The van der Waals surface area contributed by atoms with Gasteiger partial charge in [0.25, 0.3) is 0 Å². The van der Waals surface area contributed by atoms with Crippen molar-refractivity contribution >= 4 is 11.8 Å².